The molecule has 57 heavy (non-hydrogen) atoms. The SMILES string of the molecule is CC1(C)CCC(C)(C)c2cc(N(c3ccc(-c4cccc5c4C4(c6ccccc6-5)C5CC6CC7CC4C75C6)cc3)c3ccc4c(c3)C(C)(C)CCC4(C)C)ccc21. The smallest absolute Gasteiger partial charge is 0.0464 e. The maximum absolute atomic E-state index is 2.58. The molecule has 0 N–H and O–H groups in total. The second-order valence-electron chi connectivity index (χ2n) is 22.7. The van der Waals surface area contributed by atoms with Crippen molar-refractivity contribution in [1.29, 1.82) is 0 Å². The van der Waals surface area contributed by atoms with E-state index in [4.69, 9.17) is 0 Å². The van der Waals surface area contributed by atoms with Crippen molar-refractivity contribution in [2.45, 2.75) is 134 Å². The first-order valence-corrected chi connectivity index (χ1v) is 22.6. The standard InChI is InChI=1S/C56H61N/c1-51(2)24-26-53(5,6)46-31-38(20-22-44(46)51)57(39-21-23-45-47(32-39)54(7,8)27-25-52(45,3)4)37-18-16-35(17-19-37)40-13-11-14-42-41-12-9-10-15-43(41)56(50(40)42)48-29-34-28-36-30-49(56)55(36,48)33-34/h9-23,31-32,34,36,48-49H,24-30,33H2,1-8H3. The highest BCUT2D eigenvalue weighted by Gasteiger charge is 2.84. The third kappa shape index (κ3) is 4.27. The topological polar surface area (TPSA) is 3.24 Å². The number of benzene rings is 5. The van der Waals surface area contributed by atoms with Crippen LogP contribution in [0.4, 0.5) is 17.1 Å². The van der Waals surface area contributed by atoms with Crippen LogP contribution in [0.2, 0.25) is 0 Å². The van der Waals surface area contributed by atoms with Gasteiger partial charge in [-0.2, -0.15) is 0 Å². The Hall–Kier alpha value is -4.10. The molecule has 0 amide bonds. The van der Waals surface area contributed by atoms with Crippen LogP contribution in [0, 0.1) is 29.1 Å². The average molecular weight is 748 g/mol. The van der Waals surface area contributed by atoms with E-state index in [9.17, 15) is 0 Å². The summed E-state index contributed by atoms with van der Waals surface area (Å²) in [6, 6.07) is 41.5. The van der Waals surface area contributed by atoms with E-state index in [0.29, 0.717) is 5.41 Å². The second kappa shape index (κ2) is 10.9. The molecule has 4 fully saturated rings. The van der Waals surface area contributed by atoms with Gasteiger partial charge in [-0.3, -0.25) is 0 Å². The molecule has 0 radical (unpaired) electrons. The largest absolute Gasteiger partial charge is 0.310 e. The van der Waals surface area contributed by atoms with Gasteiger partial charge in [0.25, 0.3) is 0 Å². The quantitative estimate of drug-likeness (QED) is 0.177. The Morgan fingerprint density at radius 2 is 0.982 bits per heavy atom. The monoisotopic (exact) mass is 747 g/mol. The van der Waals surface area contributed by atoms with Crippen molar-refractivity contribution in [3.05, 3.63) is 137 Å². The maximum Gasteiger partial charge on any atom is 0.0464 e. The molecule has 0 aromatic heterocycles. The molecule has 290 valence electrons. The van der Waals surface area contributed by atoms with Crippen LogP contribution < -0.4 is 4.90 Å². The maximum atomic E-state index is 2.58. The number of fused-ring (bicyclic) bond motifs is 10. The Morgan fingerprint density at radius 3 is 1.60 bits per heavy atom. The van der Waals surface area contributed by atoms with Crippen molar-refractivity contribution in [3.63, 3.8) is 0 Å². The third-order valence-corrected chi connectivity index (χ3v) is 18.3. The molecule has 12 rings (SSSR count). The molecule has 1 heteroatoms. The summed E-state index contributed by atoms with van der Waals surface area (Å²) in [4.78, 5) is 2.58. The van der Waals surface area contributed by atoms with Crippen molar-refractivity contribution in [1.82, 2.24) is 0 Å². The lowest BCUT2D eigenvalue weighted by Gasteiger charge is -2.76. The van der Waals surface area contributed by atoms with Gasteiger partial charge in [-0.15, -0.1) is 0 Å². The highest BCUT2D eigenvalue weighted by molar-refractivity contribution is 5.91. The van der Waals surface area contributed by atoms with Crippen LogP contribution in [0.15, 0.2) is 103 Å². The van der Waals surface area contributed by atoms with Crippen LogP contribution in [0.25, 0.3) is 22.3 Å². The molecule has 7 aliphatic rings. The van der Waals surface area contributed by atoms with Gasteiger partial charge in [0, 0.05) is 22.5 Å². The zero-order valence-electron chi connectivity index (χ0n) is 35.7. The molecule has 6 unspecified atom stereocenters. The molecule has 7 aliphatic carbocycles. The summed E-state index contributed by atoms with van der Waals surface area (Å²) in [6.07, 6.45) is 10.8. The average Bonchev–Trinajstić information content (AvgIpc) is 3.83. The Balaban J connectivity index is 1.01. The Labute approximate surface area is 342 Å². The van der Waals surface area contributed by atoms with E-state index >= 15 is 0 Å². The number of hydrogen-bond donors (Lipinski definition) is 0. The number of hydrogen-bond acceptors (Lipinski definition) is 1. The molecule has 2 spiro atoms. The summed E-state index contributed by atoms with van der Waals surface area (Å²) in [5.41, 5.74) is 20.5. The number of nitrogens with zero attached hydrogens (tertiary/aromatic N) is 1. The van der Waals surface area contributed by atoms with Crippen molar-refractivity contribution >= 4 is 17.1 Å². The highest BCUT2D eigenvalue weighted by Crippen LogP contribution is 2.90. The van der Waals surface area contributed by atoms with Crippen molar-refractivity contribution in [2.75, 3.05) is 4.90 Å². The lowest BCUT2D eigenvalue weighted by atomic mass is 9.26. The molecule has 5 aromatic carbocycles. The van der Waals surface area contributed by atoms with E-state index in [-0.39, 0.29) is 27.1 Å². The molecule has 1 nitrogen and oxygen atoms in total. The molecule has 0 saturated heterocycles. The van der Waals surface area contributed by atoms with Crippen LogP contribution in [-0.2, 0) is 27.1 Å². The van der Waals surface area contributed by atoms with Gasteiger partial charge < -0.3 is 4.90 Å². The molecular weight excluding hydrogens is 687 g/mol. The van der Waals surface area contributed by atoms with Gasteiger partial charge in [0.1, 0.15) is 0 Å². The van der Waals surface area contributed by atoms with Gasteiger partial charge in [0.15, 0.2) is 0 Å². The third-order valence-electron chi connectivity index (χ3n) is 18.3. The lowest BCUT2D eigenvalue weighted by Crippen LogP contribution is -2.73. The van der Waals surface area contributed by atoms with Crippen LogP contribution in [-0.4, -0.2) is 0 Å². The van der Waals surface area contributed by atoms with Crippen molar-refractivity contribution in [3.8, 4) is 22.3 Å². The zero-order chi connectivity index (χ0) is 39.1. The fourth-order valence-corrected chi connectivity index (χ4v) is 15.3. The van der Waals surface area contributed by atoms with Gasteiger partial charge in [-0.25, -0.2) is 0 Å². The minimum atomic E-state index is 0.138. The number of anilines is 3. The molecule has 2 bridgehead atoms. The Bertz CT molecular complexity index is 2450. The molecule has 0 heterocycles. The summed E-state index contributed by atoms with van der Waals surface area (Å²) in [5, 5.41) is 0. The fourth-order valence-electron chi connectivity index (χ4n) is 15.3. The van der Waals surface area contributed by atoms with E-state index in [1.165, 1.54) is 113 Å². The van der Waals surface area contributed by atoms with Gasteiger partial charge >= 0.3 is 0 Å². The first-order chi connectivity index (χ1) is 27.2. The van der Waals surface area contributed by atoms with Crippen molar-refractivity contribution in [2.24, 2.45) is 29.1 Å². The first kappa shape index (κ1) is 34.9. The van der Waals surface area contributed by atoms with Crippen LogP contribution in [0.3, 0.4) is 0 Å². The molecule has 6 atom stereocenters. The van der Waals surface area contributed by atoms with E-state index in [1.807, 2.05) is 0 Å². The van der Waals surface area contributed by atoms with Crippen LogP contribution in [0.5, 0.6) is 0 Å². The number of rotatable bonds is 4. The minimum absolute atomic E-state index is 0.138. The molecule has 0 aliphatic heterocycles. The summed E-state index contributed by atoms with van der Waals surface area (Å²) in [5.74, 6) is 3.56. The summed E-state index contributed by atoms with van der Waals surface area (Å²) < 4.78 is 0. The summed E-state index contributed by atoms with van der Waals surface area (Å²) >= 11 is 0. The lowest BCUT2D eigenvalue weighted by molar-refractivity contribution is -0.231. The van der Waals surface area contributed by atoms with Crippen molar-refractivity contribution < 1.29 is 0 Å². The Morgan fingerprint density at radius 1 is 0.456 bits per heavy atom. The summed E-state index contributed by atoms with van der Waals surface area (Å²) in [7, 11) is 0. The van der Waals surface area contributed by atoms with Gasteiger partial charge in [0.2, 0.25) is 0 Å². The van der Waals surface area contributed by atoms with E-state index in [1.54, 1.807) is 11.1 Å². The van der Waals surface area contributed by atoms with Crippen LogP contribution >= 0.6 is 0 Å². The first-order valence-electron chi connectivity index (χ1n) is 22.6. The fraction of sp³-hybridized carbons (Fsp3) is 0.464. The zero-order valence-corrected chi connectivity index (χ0v) is 35.7. The van der Waals surface area contributed by atoms with Gasteiger partial charge in [-0.05, 0) is 194 Å². The van der Waals surface area contributed by atoms with Gasteiger partial charge in [0.05, 0.1) is 0 Å². The highest BCUT2D eigenvalue weighted by atomic mass is 15.1. The minimum Gasteiger partial charge on any atom is -0.310 e. The van der Waals surface area contributed by atoms with E-state index < -0.39 is 0 Å². The predicted molar refractivity (Wildman–Crippen MR) is 238 cm³/mol. The van der Waals surface area contributed by atoms with Gasteiger partial charge in [-0.1, -0.05) is 122 Å². The van der Waals surface area contributed by atoms with E-state index in [2.05, 4.69) is 163 Å². The molecule has 5 aromatic rings. The normalized spacial score (nSPS) is 31.6. The molecule has 4 saturated carbocycles. The summed E-state index contributed by atoms with van der Waals surface area (Å²) in [6.45, 7) is 19.6. The molecular formula is C56H61N. The van der Waals surface area contributed by atoms with E-state index in [0.717, 1.165) is 23.7 Å². The second-order valence-corrected chi connectivity index (χ2v) is 22.7. The van der Waals surface area contributed by atoms with Crippen LogP contribution in [0.1, 0.15) is 140 Å². The predicted octanol–water partition coefficient (Wildman–Crippen LogP) is 14.9. The Kier molecular flexibility index (Phi) is 6.69.